The summed E-state index contributed by atoms with van der Waals surface area (Å²) in [6, 6.07) is 25.1. The number of H-pyrrole nitrogens is 1. The number of rotatable bonds is 9. The van der Waals surface area contributed by atoms with Gasteiger partial charge in [0.25, 0.3) is 0 Å². The zero-order chi connectivity index (χ0) is 29.1. The van der Waals surface area contributed by atoms with E-state index in [-0.39, 0.29) is 10.8 Å². The molecule has 0 aliphatic heterocycles. The van der Waals surface area contributed by atoms with Gasteiger partial charge in [0.2, 0.25) is 16.0 Å². The van der Waals surface area contributed by atoms with Crippen LogP contribution in [0.25, 0.3) is 22.2 Å². The van der Waals surface area contributed by atoms with Crippen LogP contribution in [-0.4, -0.2) is 35.5 Å². The van der Waals surface area contributed by atoms with Gasteiger partial charge in [-0.2, -0.15) is 0 Å². The number of carbonyl (C=O) groups excluding carboxylic acids is 1. The number of hydrogen-bond acceptors (Lipinski definition) is 6. The zero-order valence-corrected chi connectivity index (χ0v) is 22.4. The number of carboxylic acids is 1. The molecule has 2 amide bonds. The molecule has 1 heterocycles. The summed E-state index contributed by atoms with van der Waals surface area (Å²) in [5.41, 5.74) is 15.6. The Labute approximate surface area is 235 Å². The summed E-state index contributed by atoms with van der Waals surface area (Å²) in [6.07, 6.45) is -0.463. The van der Waals surface area contributed by atoms with Crippen LogP contribution in [0.5, 0.6) is 0 Å². The predicted octanol–water partition coefficient (Wildman–Crippen LogP) is 4.52. The van der Waals surface area contributed by atoms with Crippen LogP contribution >= 0.6 is 0 Å². The molecule has 0 fully saturated rings. The van der Waals surface area contributed by atoms with Crippen molar-refractivity contribution in [2.24, 2.45) is 5.73 Å². The molecule has 0 radical (unpaired) electrons. The highest BCUT2D eigenvalue weighted by Gasteiger charge is 2.24. The van der Waals surface area contributed by atoms with E-state index in [0.717, 1.165) is 5.52 Å². The Morgan fingerprint density at radius 2 is 1.66 bits per heavy atom. The van der Waals surface area contributed by atoms with Gasteiger partial charge in [-0.1, -0.05) is 48.5 Å². The van der Waals surface area contributed by atoms with Crippen molar-refractivity contribution in [3.63, 3.8) is 0 Å². The van der Waals surface area contributed by atoms with Gasteiger partial charge in [0.15, 0.2) is 0 Å². The third-order valence-electron chi connectivity index (χ3n) is 6.40. The molecule has 11 nitrogen and oxygen atoms in total. The van der Waals surface area contributed by atoms with Gasteiger partial charge in [0.05, 0.1) is 34.1 Å². The second-order valence-electron chi connectivity index (χ2n) is 9.27. The molecule has 12 heteroatoms. The second-order valence-corrected chi connectivity index (χ2v) is 11.0. The Balaban J connectivity index is 1.41. The molecule has 1 atom stereocenters. The van der Waals surface area contributed by atoms with Crippen molar-refractivity contribution < 1.29 is 23.1 Å². The molecule has 208 valence electrons. The number of anilines is 3. The van der Waals surface area contributed by atoms with Crippen molar-refractivity contribution in [3.05, 3.63) is 103 Å². The fourth-order valence-corrected chi connectivity index (χ4v) is 5.71. The average molecular weight is 571 g/mol. The average Bonchev–Trinajstić information content (AvgIpc) is 3.36. The molecule has 1 unspecified atom stereocenters. The van der Waals surface area contributed by atoms with E-state index in [1.54, 1.807) is 48.5 Å². The number of nitrogens with zero attached hydrogens (tertiary/aromatic N) is 2. The highest BCUT2D eigenvalue weighted by molar-refractivity contribution is 7.89. The van der Waals surface area contributed by atoms with E-state index in [0.29, 0.717) is 33.6 Å². The van der Waals surface area contributed by atoms with Crippen molar-refractivity contribution >= 4 is 50.4 Å². The number of fused-ring (bicyclic) bond motifs is 1. The van der Waals surface area contributed by atoms with E-state index in [1.807, 2.05) is 30.3 Å². The molecule has 7 N–H and O–H groups in total. The van der Waals surface area contributed by atoms with Crippen molar-refractivity contribution in [2.45, 2.75) is 17.4 Å². The van der Waals surface area contributed by atoms with Crippen LogP contribution in [0.2, 0.25) is 0 Å². The van der Waals surface area contributed by atoms with Crippen molar-refractivity contribution in [1.82, 2.24) is 14.7 Å². The summed E-state index contributed by atoms with van der Waals surface area (Å²) in [5.74, 6) is -0.901. The Morgan fingerprint density at radius 3 is 2.34 bits per heavy atom. The number of primary amides is 1. The summed E-state index contributed by atoms with van der Waals surface area (Å²) in [4.78, 5) is 32.6. The number of amides is 2. The number of aliphatic carboxylic acids is 1. The molecular weight excluding hydrogens is 544 g/mol. The van der Waals surface area contributed by atoms with Crippen LogP contribution in [0.4, 0.5) is 22.1 Å². The third kappa shape index (κ3) is 6.03. The number of urea groups is 1. The van der Waals surface area contributed by atoms with Gasteiger partial charge in [-0.3, -0.25) is 4.79 Å². The van der Waals surface area contributed by atoms with Crippen molar-refractivity contribution in [1.29, 1.82) is 0 Å². The zero-order valence-electron chi connectivity index (χ0n) is 21.6. The Kier molecular flexibility index (Phi) is 7.42. The van der Waals surface area contributed by atoms with Crippen LogP contribution in [0.3, 0.4) is 0 Å². The van der Waals surface area contributed by atoms with Crippen LogP contribution < -0.4 is 21.1 Å². The van der Waals surface area contributed by atoms with Gasteiger partial charge in [0, 0.05) is 5.69 Å². The maximum Gasteiger partial charge on any atom is 0.326 e. The standard InChI is InChI=1S/C29H26N6O5S/c30-21-7-3-6-20(15-21)26(17-27(36)37)34-41(39,40)23-13-11-18(12-14-23)19-5-4-8-22(16-19)35(28(31)38)29-32-24-9-1-2-10-25(24)33-29/h1-16,26,34H,17,30H2,(H2,31,38)(H,32,33)(H,36,37). The van der Waals surface area contributed by atoms with Crippen molar-refractivity contribution in [2.75, 3.05) is 10.6 Å². The minimum Gasteiger partial charge on any atom is -0.481 e. The number of carbonyl (C=O) groups is 2. The molecule has 0 spiro atoms. The largest absolute Gasteiger partial charge is 0.481 e. The number of para-hydroxylation sites is 2. The van der Waals surface area contributed by atoms with E-state index in [4.69, 9.17) is 11.5 Å². The molecule has 1 aromatic heterocycles. The normalized spacial score (nSPS) is 12.2. The molecule has 0 saturated heterocycles. The van der Waals surface area contributed by atoms with Gasteiger partial charge in [0.1, 0.15) is 0 Å². The number of carboxylic acid groups (broad SMARTS) is 1. The lowest BCUT2D eigenvalue weighted by Gasteiger charge is -2.19. The molecule has 0 aliphatic rings. The molecule has 5 rings (SSSR count). The van der Waals surface area contributed by atoms with Gasteiger partial charge in [-0.15, -0.1) is 0 Å². The van der Waals surface area contributed by atoms with Crippen LogP contribution in [0.15, 0.2) is 102 Å². The number of imidazole rings is 1. The number of nitrogen functional groups attached to an aromatic ring is 1. The quantitative estimate of drug-likeness (QED) is 0.161. The maximum absolute atomic E-state index is 13.2. The minimum absolute atomic E-state index is 0.0438. The van der Waals surface area contributed by atoms with E-state index in [9.17, 15) is 23.1 Å². The van der Waals surface area contributed by atoms with E-state index < -0.39 is 34.5 Å². The summed E-state index contributed by atoms with van der Waals surface area (Å²) in [5, 5.41) is 9.35. The van der Waals surface area contributed by atoms with Crippen LogP contribution in [-0.2, 0) is 14.8 Å². The summed E-state index contributed by atoms with van der Waals surface area (Å²) < 4.78 is 28.8. The van der Waals surface area contributed by atoms with Gasteiger partial charge >= 0.3 is 12.0 Å². The highest BCUT2D eigenvalue weighted by atomic mass is 32.2. The molecule has 4 aromatic carbocycles. The Hall–Kier alpha value is -5.20. The van der Waals surface area contributed by atoms with Gasteiger partial charge in [-0.05, 0) is 65.2 Å². The molecule has 0 aliphatic carbocycles. The van der Waals surface area contributed by atoms with Gasteiger partial charge in [-0.25, -0.2) is 27.8 Å². The fraction of sp³-hybridized carbons (Fsp3) is 0.0690. The minimum atomic E-state index is -4.08. The Bertz CT molecular complexity index is 1820. The third-order valence-corrected chi connectivity index (χ3v) is 7.89. The van der Waals surface area contributed by atoms with E-state index >= 15 is 0 Å². The number of aromatic amines is 1. The lowest BCUT2D eigenvalue weighted by molar-refractivity contribution is -0.137. The summed E-state index contributed by atoms with van der Waals surface area (Å²) in [6.45, 7) is 0. The smallest absolute Gasteiger partial charge is 0.326 e. The number of benzene rings is 4. The lowest BCUT2D eigenvalue weighted by Crippen LogP contribution is -2.32. The first-order chi connectivity index (χ1) is 19.6. The monoisotopic (exact) mass is 570 g/mol. The number of hydrogen-bond donors (Lipinski definition) is 5. The molecule has 5 aromatic rings. The summed E-state index contributed by atoms with van der Waals surface area (Å²) in [7, 11) is -4.08. The van der Waals surface area contributed by atoms with E-state index in [2.05, 4.69) is 14.7 Å². The first-order valence-electron chi connectivity index (χ1n) is 12.4. The maximum atomic E-state index is 13.2. The van der Waals surface area contributed by atoms with E-state index in [1.165, 1.54) is 23.1 Å². The number of nitrogens with one attached hydrogen (secondary N) is 2. The van der Waals surface area contributed by atoms with Gasteiger partial charge < -0.3 is 21.6 Å². The molecule has 41 heavy (non-hydrogen) atoms. The second kappa shape index (κ2) is 11.1. The first-order valence-corrected chi connectivity index (χ1v) is 13.9. The van der Waals surface area contributed by atoms with Crippen LogP contribution in [0, 0.1) is 0 Å². The number of aromatic nitrogens is 2. The predicted molar refractivity (Wildman–Crippen MR) is 156 cm³/mol. The fourth-order valence-electron chi connectivity index (χ4n) is 4.48. The Morgan fingerprint density at radius 1 is 0.927 bits per heavy atom. The van der Waals surface area contributed by atoms with Crippen molar-refractivity contribution in [3.8, 4) is 11.1 Å². The first kappa shape index (κ1) is 27.4. The number of sulfonamides is 1. The molecular formula is C29H26N6O5S. The SMILES string of the molecule is NC(=O)N(c1cccc(-c2ccc(S(=O)(=O)NC(CC(=O)O)c3cccc(N)c3)cc2)c1)c1nc2ccccc2[nH]1. The number of nitrogens with two attached hydrogens (primary N) is 2. The lowest BCUT2D eigenvalue weighted by atomic mass is 10.0. The van der Waals surface area contributed by atoms with Crippen LogP contribution in [0.1, 0.15) is 18.0 Å². The molecule has 0 bridgehead atoms. The topological polar surface area (TPSA) is 184 Å². The molecule has 0 saturated carbocycles. The highest BCUT2D eigenvalue weighted by Crippen LogP contribution is 2.30. The summed E-state index contributed by atoms with van der Waals surface area (Å²) >= 11 is 0.